The highest BCUT2D eigenvalue weighted by atomic mass is 32.2. The van der Waals surface area contributed by atoms with Gasteiger partial charge in [-0.15, -0.1) is 0 Å². The van der Waals surface area contributed by atoms with Crippen LogP contribution in [0, 0.1) is 5.92 Å². The Balaban J connectivity index is 2.47. The number of carboxylic acids is 1. The van der Waals surface area contributed by atoms with Crippen molar-refractivity contribution in [3.8, 4) is 0 Å². The second kappa shape index (κ2) is 6.97. The van der Waals surface area contributed by atoms with Crippen LogP contribution < -0.4 is 4.72 Å². The van der Waals surface area contributed by atoms with Crippen molar-refractivity contribution in [2.24, 2.45) is 5.92 Å². The molecule has 1 aliphatic heterocycles. The summed E-state index contributed by atoms with van der Waals surface area (Å²) in [7, 11) is -8.09. The maximum absolute atomic E-state index is 12.6. The van der Waals surface area contributed by atoms with Crippen molar-refractivity contribution in [3.05, 3.63) is 24.3 Å². The number of methoxy groups -OCH3 is 1. The number of nitrogens with one attached hydrogen (secondary N) is 1. The first-order valence-corrected chi connectivity index (χ1v) is 9.91. The molecule has 0 radical (unpaired) electrons. The van der Waals surface area contributed by atoms with E-state index in [0.29, 0.717) is 0 Å². The Morgan fingerprint density at radius 2 is 1.76 bits per heavy atom. The predicted octanol–water partition coefficient (Wildman–Crippen LogP) is -0.328. The lowest BCUT2D eigenvalue weighted by atomic mass is 9.98. The highest BCUT2D eigenvalue weighted by molar-refractivity contribution is 7.91. The molecular weight excluding hydrogens is 378 g/mol. The lowest BCUT2D eigenvalue weighted by molar-refractivity contribution is -0.144. The number of aliphatic carboxylic acids is 1. The number of benzene rings is 1. The molecule has 1 aliphatic rings. The van der Waals surface area contributed by atoms with E-state index in [1.54, 1.807) is 0 Å². The van der Waals surface area contributed by atoms with Gasteiger partial charge in [-0.05, 0) is 19.1 Å². The lowest BCUT2D eigenvalue weighted by Crippen LogP contribution is -2.48. The second-order valence-electron chi connectivity index (χ2n) is 5.38. The Kier molecular flexibility index (Phi) is 5.51. The molecule has 0 aliphatic carbocycles. The van der Waals surface area contributed by atoms with Crippen LogP contribution in [-0.4, -0.2) is 58.0 Å². The van der Waals surface area contributed by atoms with Crippen LogP contribution >= 0.6 is 0 Å². The minimum absolute atomic E-state index is 0.712. The van der Waals surface area contributed by atoms with E-state index >= 15 is 0 Å². The average molecular weight is 395 g/mol. The summed E-state index contributed by atoms with van der Waals surface area (Å²) in [5.41, 5.74) is 0. The molecular formula is C13H17NO9S2. The molecule has 140 valence electrons. The third kappa shape index (κ3) is 3.99. The van der Waals surface area contributed by atoms with Crippen molar-refractivity contribution in [1.82, 2.24) is 4.72 Å². The van der Waals surface area contributed by atoms with Gasteiger partial charge in [0.15, 0.2) is 6.29 Å². The van der Waals surface area contributed by atoms with Crippen LogP contribution in [0.25, 0.3) is 0 Å². The zero-order chi connectivity index (χ0) is 19.0. The van der Waals surface area contributed by atoms with Crippen LogP contribution in [0.2, 0.25) is 0 Å². The highest BCUT2D eigenvalue weighted by Gasteiger charge is 2.49. The van der Waals surface area contributed by atoms with Crippen LogP contribution in [0.1, 0.15) is 6.92 Å². The molecule has 1 saturated heterocycles. The molecule has 0 saturated carbocycles. The smallest absolute Gasteiger partial charge is 0.310 e. The fraction of sp³-hybridized carbons (Fsp3) is 0.462. The Morgan fingerprint density at radius 1 is 1.20 bits per heavy atom. The molecule has 4 atom stereocenters. The van der Waals surface area contributed by atoms with Crippen LogP contribution in [0.3, 0.4) is 0 Å². The molecule has 0 amide bonds. The van der Waals surface area contributed by atoms with E-state index in [1.807, 2.05) is 0 Å². The fourth-order valence-electron chi connectivity index (χ4n) is 2.66. The predicted molar refractivity (Wildman–Crippen MR) is 82.8 cm³/mol. The van der Waals surface area contributed by atoms with Crippen LogP contribution in [-0.2, 0) is 34.4 Å². The first-order chi connectivity index (χ1) is 11.5. The van der Waals surface area contributed by atoms with Gasteiger partial charge in [0.05, 0.1) is 12.1 Å². The molecule has 0 bridgehead atoms. The highest BCUT2D eigenvalue weighted by Crippen LogP contribution is 2.30. The standard InChI is InChI=1S/C13H17NO9S2/c1-7-10(12(15)16)11(13(22-2)23-7)14-24(17,18)8-5-3-4-6-9(8)25(19,20)21/h3-7,10-11,13-14H,1-2H3,(H,15,16)(H,19,20,21)/t7-,10-,11-,13+/m1/s1. The van der Waals surface area contributed by atoms with Gasteiger partial charge in [0.2, 0.25) is 10.0 Å². The summed E-state index contributed by atoms with van der Waals surface area (Å²) in [6, 6.07) is 3.10. The van der Waals surface area contributed by atoms with Gasteiger partial charge in [-0.1, -0.05) is 12.1 Å². The van der Waals surface area contributed by atoms with Gasteiger partial charge < -0.3 is 14.6 Å². The molecule has 3 N–H and O–H groups in total. The summed E-state index contributed by atoms with van der Waals surface area (Å²) in [6.07, 6.45) is -2.02. The van der Waals surface area contributed by atoms with Crippen molar-refractivity contribution < 1.29 is 40.8 Å². The van der Waals surface area contributed by atoms with Gasteiger partial charge >= 0.3 is 5.97 Å². The van der Waals surface area contributed by atoms with Crippen molar-refractivity contribution in [2.45, 2.75) is 35.2 Å². The summed E-state index contributed by atoms with van der Waals surface area (Å²) in [5.74, 6) is -2.56. The van der Waals surface area contributed by atoms with Crippen LogP contribution in [0.4, 0.5) is 0 Å². The maximum Gasteiger partial charge on any atom is 0.310 e. The molecule has 12 heteroatoms. The lowest BCUT2D eigenvalue weighted by Gasteiger charge is -2.21. The number of rotatable bonds is 6. The summed E-state index contributed by atoms with van der Waals surface area (Å²) < 4.78 is 69.6. The van der Waals surface area contributed by atoms with E-state index in [-0.39, 0.29) is 0 Å². The van der Waals surface area contributed by atoms with Crippen molar-refractivity contribution in [3.63, 3.8) is 0 Å². The van der Waals surface area contributed by atoms with E-state index in [2.05, 4.69) is 4.72 Å². The quantitative estimate of drug-likeness (QED) is 0.549. The van der Waals surface area contributed by atoms with Gasteiger partial charge in [-0.25, -0.2) is 13.1 Å². The first-order valence-electron chi connectivity index (χ1n) is 6.99. The van der Waals surface area contributed by atoms with Gasteiger partial charge in [0.1, 0.15) is 15.7 Å². The second-order valence-corrected chi connectivity index (χ2v) is 8.45. The van der Waals surface area contributed by atoms with E-state index in [9.17, 15) is 31.3 Å². The topological polar surface area (TPSA) is 156 Å². The molecule has 1 heterocycles. The minimum Gasteiger partial charge on any atom is -0.481 e. The first kappa shape index (κ1) is 19.8. The summed E-state index contributed by atoms with van der Waals surface area (Å²) in [5, 5.41) is 9.31. The largest absolute Gasteiger partial charge is 0.481 e. The molecule has 0 unspecified atom stereocenters. The molecule has 1 fully saturated rings. The van der Waals surface area contributed by atoms with Crippen molar-refractivity contribution >= 4 is 26.1 Å². The third-order valence-electron chi connectivity index (χ3n) is 3.76. The Morgan fingerprint density at radius 3 is 2.24 bits per heavy atom. The summed E-state index contributed by atoms with van der Waals surface area (Å²) in [6.45, 7) is 1.45. The van der Waals surface area contributed by atoms with Gasteiger partial charge in [-0.3, -0.25) is 9.35 Å². The molecule has 1 aromatic rings. The zero-order valence-corrected chi connectivity index (χ0v) is 14.8. The SMILES string of the molecule is CO[C@H]1O[C@H](C)[C@@H](C(=O)O)[C@H]1NS(=O)(=O)c1ccccc1S(=O)(=O)O. The summed E-state index contributed by atoms with van der Waals surface area (Å²) in [4.78, 5) is 9.89. The monoisotopic (exact) mass is 395 g/mol. The molecule has 0 aromatic heterocycles. The summed E-state index contributed by atoms with van der Waals surface area (Å²) >= 11 is 0. The van der Waals surface area contributed by atoms with Crippen LogP contribution in [0.5, 0.6) is 0 Å². The third-order valence-corrected chi connectivity index (χ3v) is 6.32. The number of ether oxygens (including phenoxy) is 2. The Labute approximate surface area is 144 Å². The average Bonchev–Trinajstić information content (AvgIpc) is 2.81. The van der Waals surface area contributed by atoms with E-state index < -0.39 is 60.3 Å². The Hall–Kier alpha value is -1.57. The zero-order valence-electron chi connectivity index (χ0n) is 13.2. The molecule has 25 heavy (non-hydrogen) atoms. The molecule has 2 rings (SSSR count). The van der Waals surface area contributed by atoms with E-state index in [1.165, 1.54) is 26.2 Å². The molecule has 0 spiro atoms. The number of sulfonamides is 1. The number of carboxylic acid groups (broad SMARTS) is 1. The maximum atomic E-state index is 12.6. The van der Waals surface area contributed by atoms with Gasteiger partial charge in [0, 0.05) is 7.11 Å². The number of hydrogen-bond acceptors (Lipinski definition) is 7. The van der Waals surface area contributed by atoms with E-state index in [4.69, 9.17) is 9.47 Å². The van der Waals surface area contributed by atoms with Gasteiger partial charge in [-0.2, -0.15) is 8.42 Å². The molecule has 10 nitrogen and oxygen atoms in total. The van der Waals surface area contributed by atoms with Crippen molar-refractivity contribution in [2.75, 3.05) is 7.11 Å². The Bertz CT molecular complexity index is 865. The van der Waals surface area contributed by atoms with Crippen LogP contribution in [0.15, 0.2) is 34.1 Å². The minimum atomic E-state index is -4.81. The van der Waals surface area contributed by atoms with Crippen molar-refractivity contribution in [1.29, 1.82) is 0 Å². The number of carbonyl (C=O) groups is 1. The van der Waals surface area contributed by atoms with Gasteiger partial charge in [0.25, 0.3) is 10.1 Å². The normalized spacial score (nSPS) is 27.3. The molecule has 1 aromatic carbocycles. The number of hydrogen-bond donors (Lipinski definition) is 3. The fourth-order valence-corrected chi connectivity index (χ4v) is 5.21. The van der Waals surface area contributed by atoms with E-state index in [0.717, 1.165) is 12.1 Å².